The number of pyridine rings is 1. The minimum Gasteiger partial charge on any atom is -0.355 e. The van der Waals surface area contributed by atoms with Gasteiger partial charge in [0.25, 0.3) is 0 Å². The first-order valence-electron chi connectivity index (χ1n) is 5.43. The van der Waals surface area contributed by atoms with Crippen LogP contribution in [0.1, 0.15) is 10.4 Å². The van der Waals surface area contributed by atoms with E-state index < -0.39 is 0 Å². The van der Waals surface area contributed by atoms with Gasteiger partial charge in [0.2, 0.25) is 0 Å². The summed E-state index contributed by atoms with van der Waals surface area (Å²) in [5.74, 6) is 0.693. The van der Waals surface area contributed by atoms with Gasteiger partial charge in [0.05, 0.1) is 11.1 Å². The Hall–Kier alpha value is -2.16. The average Bonchev–Trinajstić information content (AvgIpc) is 2.37. The van der Waals surface area contributed by atoms with Crippen molar-refractivity contribution in [3.63, 3.8) is 0 Å². The van der Waals surface area contributed by atoms with Crippen LogP contribution in [-0.2, 0) is 0 Å². The van der Waals surface area contributed by atoms with E-state index in [1.807, 2.05) is 42.3 Å². The smallest absolute Gasteiger partial charge is 0.153 e. The van der Waals surface area contributed by atoms with Crippen LogP contribution in [0, 0.1) is 0 Å². The molecule has 0 saturated heterocycles. The highest BCUT2D eigenvalue weighted by Crippen LogP contribution is 2.21. The first-order valence-corrected chi connectivity index (χ1v) is 5.43. The summed E-state index contributed by atoms with van der Waals surface area (Å²) in [7, 11) is 1.89. The third kappa shape index (κ3) is 2.18. The molecule has 3 nitrogen and oxygen atoms in total. The highest BCUT2D eigenvalue weighted by molar-refractivity contribution is 5.91. The number of carbonyl (C=O) groups excluding carboxylic acids is 1. The predicted molar refractivity (Wildman–Crippen MR) is 70.6 cm³/mol. The minimum absolute atomic E-state index is 0.605. The van der Waals surface area contributed by atoms with Gasteiger partial charge in [0.15, 0.2) is 6.29 Å². The van der Waals surface area contributed by atoms with E-state index in [0.717, 1.165) is 17.2 Å². The van der Waals surface area contributed by atoms with E-state index in [1.165, 1.54) is 0 Å². The van der Waals surface area contributed by atoms with Crippen LogP contribution in [0.3, 0.4) is 0 Å². The van der Waals surface area contributed by atoms with Crippen LogP contribution in [0.4, 0.5) is 5.82 Å². The maximum absolute atomic E-state index is 11.1. The largest absolute Gasteiger partial charge is 0.355 e. The van der Waals surface area contributed by atoms with Gasteiger partial charge in [-0.05, 0) is 12.1 Å². The molecule has 17 heavy (non-hydrogen) atoms. The molecule has 0 aliphatic rings. The van der Waals surface area contributed by atoms with Crippen LogP contribution in [0.15, 0.2) is 43.0 Å². The van der Waals surface area contributed by atoms with E-state index in [0.29, 0.717) is 17.9 Å². The SMILES string of the molecule is C=CCN(C)c1nc2ccccc2cc1C=O. The third-order valence-electron chi connectivity index (χ3n) is 2.62. The van der Waals surface area contributed by atoms with E-state index in [1.54, 1.807) is 6.08 Å². The molecule has 0 fully saturated rings. The van der Waals surface area contributed by atoms with E-state index in [2.05, 4.69) is 11.6 Å². The Bertz CT molecular complexity index is 563. The Labute approximate surface area is 100 Å². The summed E-state index contributed by atoms with van der Waals surface area (Å²) >= 11 is 0. The number of hydrogen-bond acceptors (Lipinski definition) is 3. The zero-order chi connectivity index (χ0) is 12.3. The minimum atomic E-state index is 0.605. The van der Waals surface area contributed by atoms with Crippen molar-refractivity contribution in [2.24, 2.45) is 0 Å². The van der Waals surface area contributed by atoms with Gasteiger partial charge in [-0.25, -0.2) is 4.98 Å². The van der Waals surface area contributed by atoms with E-state index in [4.69, 9.17) is 0 Å². The second-order valence-corrected chi connectivity index (χ2v) is 3.88. The van der Waals surface area contributed by atoms with Gasteiger partial charge in [-0.15, -0.1) is 6.58 Å². The molecule has 0 bridgehead atoms. The van der Waals surface area contributed by atoms with Gasteiger partial charge in [0, 0.05) is 19.0 Å². The van der Waals surface area contributed by atoms with Crippen LogP contribution < -0.4 is 4.90 Å². The molecule has 1 aromatic heterocycles. The highest BCUT2D eigenvalue weighted by Gasteiger charge is 2.09. The summed E-state index contributed by atoms with van der Waals surface area (Å²) < 4.78 is 0. The first kappa shape index (κ1) is 11.3. The molecule has 2 aromatic rings. The number of carbonyl (C=O) groups is 1. The van der Waals surface area contributed by atoms with E-state index >= 15 is 0 Å². The van der Waals surface area contributed by atoms with Crippen LogP contribution in [0.5, 0.6) is 0 Å². The van der Waals surface area contributed by atoms with E-state index in [9.17, 15) is 4.79 Å². The molecule has 1 heterocycles. The van der Waals surface area contributed by atoms with Crippen molar-refractivity contribution in [2.45, 2.75) is 0 Å². The Morgan fingerprint density at radius 2 is 2.18 bits per heavy atom. The molecular weight excluding hydrogens is 212 g/mol. The standard InChI is InChI=1S/C14H14N2O/c1-3-8-16(2)14-12(10-17)9-11-6-4-5-7-13(11)15-14/h3-7,9-10H,1,8H2,2H3. The molecule has 0 atom stereocenters. The lowest BCUT2D eigenvalue weighted by molar-refractivity contribution is 0.112. The summed E-state index contributed by atoms with van der Waals surface area (Å²) in [6.07, 6.45) is 2.62. The zero-order valence-corrected chi connectivity index (χ0v) is 9.76. The Balaban J connectivity index is 2.60. The fourth-order valence-corrected chi connectivity index (χ4v) is 1.79. The van der Waals surface area contributed by atoms with Gasteiger partial charge >= 0.3 is 0 Å². The van der Waals surface area contributed by atoms with Crippen molar-refractivity contribution in [3.05, 3.63) is 48.6 Å². The lowest BCUT2D eigenvalue weighted by Crippen LogP contribution is -2.19. The van der Waals surface area contributed by atoms with Gasteiger partial charge in [0.1, 0.15) is 5.82 Å². The average molecular weight is 226 g/mol. The van der Waals surface area contributed by atoms with Gasteiger partial charge in [-0.2, -0.15) is 0 Å². The number of para-hydroxylation sites is 1. The number of fused-ring (bicyclic) bond motifs is 1. The molecule has 0 amide bonds. The number of likely N-dealkylation sites (N-methyl/N-ethyl adjacent to an activating group) is 1. The van der Waals surface area contributed by atoms with Crippen LogP contribution in [-0.4, -0.2) is 24.9 Å². The quantitative estimate of drug-likeness (QED) is 0.593. The third-order valence-corrected chi connectivity index (χ3v) is 2.62. The monoisotopic (exact) mass is 226 g/mol. The van der Waals surface area contributed by atoms with Crippen LogP contribution in [0.25, 0.3) is 10.9 Å². The fraction of sp³-hybridized carbons (Fsp3) is 0.143. The lowest BCUT2D eigenvalue weighted by Gasteiger charge is -2.18. The van der Waals surface area contributed by atoms with Crippen LogP contribution >= 0.6 is 0 Å². The molecule has 86 valence electrons. The Morgan fingerprint density at radius 1 is 1.41 bits per heavy atom. The number of aromatic nitrogens is 1. The molecule has 0 spiro atoms. The lowest BCUT2D eigenvalue weighted by atomic mass is 10.1. The first-order chi connectivity index (χ1) is 8.26. The molecule has 0 N–H and O–H groups in total. The normalized spacial score (nSPS) is 10.2. The number of aldehydes is 1. The maximum Gasteiger partial charge on any atom is 0.153 e. The maximum atomic E-state index is 11.1. The highest BCUT2D eigenvalue weighted by atomic mass is 16.1. The summed E-state index contributed by atoms with van der Waals surface area (Å²) in [5, 5.41) is 0.977. The number of benzene rings is 1. The van der Waals surface area contributed by atoms with Crippen molar-refractivity contribution in [3.8, 4) is 0 Å². The van der Waals surface area contributed by atoms with Crippen molar-refractivity contribution >= 4 is 23.0 Å². The number of hydrogen-bond donors (Lipinski definition) is 0. The van der Waals surface area contributed by atoms with Gasteiger partial charge in [-0.3, -0.25) is 4.79 Å². The van der Waals surface area contributed by atoms with Gasteiger partial charge < -0.3 is 4.90 Å². The molecule has 0 unspecified atom stereocenters. The fourth-order valence-electron chi connectivity index (χ4n) is 1.79. The van der Waals surface area contributed by atoms with Gasteiger partial charge in [-0.1, -0.05) is 24.3 Å². The van der Waals surface area contributed by atoms with Crippen molar-refractivity contribution in [2.75, 3.05) is 18.5 Å². The molecule has 0 radical (unpaired) electrons. The Morgan fingerprint density at radius 3 is 2.88 bits per heavy atom. The van der Waals surface area contributed by atoms with Crippen molar-refractivity contribution in [1.29, 1.82) is 0 Å². The number of rotatable bonds is 4. The molecule has 2 rings (SSSR count). The number of anilines is 1. The summed E-state index contributed by atoms with van der Waals surface area (Å²) in [5.41, 5.74) is 1.50. The van der Waals surface area contributed by atoms with Crippen LogP contribution in [0.2, 0.25) is 0 Å². The van der Waals surface area contributed by atoms with Crippen molar-refractivity contribution < 1.29 is 4.79 Å². The predicted octanol–water partition coefficient (Wildman–Crippen LogP) is 2.67. The molecular formula is C14H14N2O. The van der Waals surface area contributed by atoms with E-state index in [-0.39, 0.29) is 0 Å². The summed E-state index contributed by atoms with van der Waals surface area (Å²) in [6, 6.07) is 9.63. The molecule has 0 aliphatic heterocycles. The zero-order valence-electron chi connectivity index (χ0n) is 9.76. The van der Waals surface area contributed by atoms with Crippen molar-refractivity contribution in [1.82, 2.24) is 4.98 Å². The number of nitrogens with zero attached hydrogens (tertiary/aromatic N) is 2. The molecule has 0 aliphatic carbocycles. The Kier molecular flexibility index (Phi) is 3.19. The molecule has 1 aromatic carbocycles. The molecule has 3 heteroatoms. The second kappa shape index (κ2) is 4.78. The molecule has 0 saturated carbocycles. The second-order valence-electron chi connectivity index (χ2n) is 3.88. The summed E-state index contributed by atoms with van der Waals surface area (Å²) in [6.45, 7) is 4.35. The summed E-state index contributed by atoms with van der Waals surface area (Å²) in [4.78, 5) is 17.5. The topological polar surface area (TPSA) is 33.2 Å².